The Morgan fingerprint density at radius 3 is 2.75 bits per heavy atom. The van der Waals surface area contributed by atoms with Crippen molar-refractivity contribution < 1.29 is 4.79 Å². The van der Waals surface area contributed by atoms with E-state index < -0.39 is 0 Å². The predicted molar refractivity (Wildman–Crippen MR) is 50.8 cm³/mol. The number of hydrogen-bond acceptors (Lipinski definition) is 2. The van der Waals surface area contributed by atoms with Gasteiger partial charge in [0.15, 0.2) is 0 Å². The lowest BCUT2D eigenvalue weighted by Crippen LogP contribution is -2.23. The molecular weight excluding hydrogens is 150 g/mol. The third kappa shape index (κ3) is 4.92. The average Bonchev–Trinajstić information content (AvgIpc) is 2.05. The van der Waals surface area contributed by atoms with Gasteiger partial charge in [0.2, 0.25) is 0 Å². The highest BCUT2D eigenvalue weighted by Crippen LogP contribution is 2.01. The first-order valence-corrected chi connectivity index (χ1v) is 4.29. The molecule has 2 heteroatoms. The minimum Gasteiger partial charge on any atom is -0.319 e. The van der Waals surface area contributed by atoms with Crippen LogP contribution < -0.4 is 5.32 Å². The summed E-state index contributed by atoms with van der Waals surface area (Å²) in [5, 5.41) is 2.98. The predicted octanol–water partition coefficient (Wildman–Crippen LogP) is 1.21. The molecule has 0 amide bonds. The topological polar surface area (TPSA) is 29.1 Å². The van der Waals surface area contributed by atoms with Gasteiger partial charge in [0.1, 0.15) is 5.78 Å². The smallest absolute Gasteiger partial charge is 0.137 e. The Hall–Kier alpha value is -0.810. The molecule has 1 N–H and O–H groups in total. The molecule has 0 bridgehead atoms. The minimum atomic E-state index is 0.119. The zero-order valence-electron chi connectivity index (χ0n) is 8.11. The average molecular weight is 167 g/mol. The first kappa shape index (κ1) is 11.2. The Morgan fingerprint density at radius 1 is 1.58 bits per heavy atom. The molecule has 2 nitrogen and oxygen atoms in total. The van der Waals surface area contributed by atoms with Gasteiger partial charge in [-0.05, 0) is 14.0 Å². The Bertz CT molecular complexity index is 188. The molecule has 0 aliphatic heterocycles. The number of ketones is 1. The van der Waals surface area contributed by atoms with Crippen LogP contribution in [-0.2, 0) is 4.79 Å². The van der Waals surface area contributed by atoms with Crippen LogP contribution in [0.15, 0.2) is 0 Å². The van der Waals surface area contributed by atoms with Crippen LogP contribution in [0.3, 0.4) is 0 Å². The molecule has 0 radical (unpaired) electrons. The second-order valence-corrected chi connectivity index (χ2v) is 2.85. The van der Waals surface area contributed by atoms with E-state index in [-0.39, 0.29) is 5.92 Å². The molecule has 0 fully saturated rings. The normalized spacial score (nSPS) is 11.6. The van der Waals surface area contributed by atoms with Gasteiger partial charge >= 0.3 is 0 Å². The molecule has 0 spiro atoms. The van der Waals surface area contributed by atoms with Gasteiger partial charge in [0, 0.05) is 25.3 Å². The maximum absolute atomic E-state index is 11.3. The van der Waals surface area contributed by atoms with Gasteiger partial charge in [-0.25, -0.2) is 0 Å². The van der Waals surface area contributed by atoms with Crippen LogP contribution in [0, 0.1) is 17.8 Å². The molecule has 0 saturated carbocycles. The van der Waals surface area contributed by atoms with E-state index in [1.807, 2.05) is 14.0 Å². The third-order valence-electron chi connectivity index (χ3n) is 1.73. The molecule has 0 aromatic heterocycles. The Balaban J connectivity index is 3.61. The molecule has 0 aromatic rings. The van der Waals surface area contributed by atoms with E-state index in [2.05, 4.69) is 17.2 Å². The van der Waals surface area contributed by atoms with E-state index in [0.717, 1.165) is 6.54 Å². The molecular formula is C10H17NO. The molecule has 12 heavy (non-hydrogen) atoms. The number of nitrogens with one attached hydrogen (secondary N) is 1. The van der Waals surface area contributed by atoms with Gasteiger partial charge < -0.3 is 5.32 Å². The van der Waals surface area contributed by atoms with Crippen LogP contribution in [0.1, 0.15) is 26.7 Å². The van der Waals surface area contributed by atoms with Crippen LogP contribution in [0.2, 0.25) is 0 Å². The van der Waals surface area contributed by atoms with Gasteiger partial charge in [-0.2, -0.15) is 0 Å². The fraction of sp³-hybridized carbons (Fsp3) is 0.700. The van der Waals surface area contributed by atoms with Crippen LogP contribution in [-0.4, -0.2) is 19.4 Å². The number of rotatable bonds is 5. The van der Waals surface area contributed by atoms with E-state index in [1.54, 1.807) is 6.92 Å². The quantitative estimate of drug-likeness (QED) is 0.624. The fourth-order valence-electron chi connectivity index (χ4n) is 0.977. The van der Waals surface area contributed by atoms with Crippen molar-refractivity contribution in [3.63, 3.8) is 0 Å². The van der Waals surface area contributed by atoms with Crippen molar-refractivity contribution in [2.24, 2.45) is 5.92 Å². The highest BCUT2D eigenvalue weighted by molar-refractivity contribution is 5.81. The standard InChI is InChI=1S/C10H17NO/c1-4-5-6-7-10(12)9(2)8-11-3/h9,11H,6-8H2,1-3H3. The highest BCUT2D eigenvalue weighted by atomic mass is 16.1. The summed E-state index contributed by atoms with van der Waals surface area (Å²) in [6.07, 6.45) is 1.28. The molecule has 0 aliphatic carbocycles. The fourth-order valence-corrected chi connectivity index (χ4v) is 0.977. The zero-order chi connectivity index (χ0) is 9.40. The number of carbonyl (C=O) groups excluding carboxylic acids is 1. The van der Waals surface area contributed by atoms with Gasteiger partial charge in [0.05, 0.1) is 0 Å². The van der Waals surface area contributed by atoms with Crippen molar-refractivity contribution >= 4 is 5.78 Å². The summed E-state index contributed by atoms with van der Waals surface area (Å²) in [4.78, 5) is 11.3. The molecule has 0 saturated heterocycles. The van der Waals surface area contributed by atoms with Crippen LogP contribution in [0.25, 0.3) is 0 Å². The summed E-state index contributed by atoms with van der Waals surface area (Å²) in [5.41, 5.74) is 0. The van der Waals surface area contributed by atoms with Crippen molar-refractivity contribution in [1.82, 2.24) is 5.32 Å². The highest BCUT2D eigenvalue weighted by Gasteiger charge is 2.09. The van der Waals surface area contributed by atoms with Crippen molar-refractivity contribution in [2.45, 2.75) is 26.7 Å². The summed E-state index contributed by atoms with van der Waals surface area (Å²) >= 11 is 0. The summed E-state index contributed by atoms with van der Waals surface area (Å²) in [6.45, 7) is 4.50. The van der Waals surface area contributed by atoms with Gasteiger partial charge in [-0.15, -0.1) is 11.8 Å². The lowest BCUT2D eigenvalue weighted by atomic mass is 10.0. The number of carbonyl (C=O) groups is 1. The first-order chi connectivity index (χ1) is 5.72. The lowest BCUT2D eigenvalue weighted by Gasteiger charge is -2.07. The largest absolute Gasteiger partial charge is 0.319 e. The minimum absolute atomic E-state index is 0.119. The summed E-state index contributed by atoms with van der Waals surface area (Å²) in [6, 6.07) is 0. The maximum Gasteiger partial charge on any atom is 0.137 e. The third-order valence-corrected chi connectivity index (χ3v) is 1.73. The van der Waals surface area contributed by atoms with Crippen molar-refractivity contribution in [3.05, 3.63) is 0 Å². The number of Topliss-reactive ketones (excluding diaryl/α,β-unsaturated/α-hetero) is 1. The Kier molecular flexibility index (Phi) is 6.41. The summed E-state index contributed by atoms with van der Waals surface area (Å²) in [5.74, 6) is 6.08. The molecule has 0 rings (SSSR count). The van der Waals surface area contributed by atoms with Crippen LogP contribution >= 0.6 is 0 Å². The summed E-state index contributed by atoms with van der Waals surface area (Å²) < 4.78 is 0. The monoisotopic (exact) mass is 167 g/mol. The Morgan fingerprint density at radius 2 is 2.25 bits per heavy atom. The second-order valence-electron chi connectivity index (χ2n) is 2.85. The van der Waals surface area contributed by atoms with Crippen LogP contribution in [0.4, 0.5) is 0 Å². The van der Waals surface area contributed by atoms with Gasteiger partial charge in [-0.3, -0.25) is 4.79 Å². The van der Waals surface area contributed by atoms with E-state index in [9.17, 15) is 4.79 Å². The second kappa shape index (κ2) is 6.87. The van der Waals surface area contributed by atoms with Gasteiger partial charge in [-0.1, -0.05) is 6.92 Å². The van der Waals surface area contributed by atoms with Crippen molar-refractivity contribution in [2.75, 3.05) is 13.6 Å². The van der Waals surface area contributed by atoms with Crippen molar-refractivity contribution in [1.29, 1.82) is 0 Å². The van der Waals surface area contributed by atoms with E-state index in [1.165, 1.54) is 0 Å². The molecule has 1 atom stereocenters. The van der Waals surface area contributed by atoms with Crippen molar-refractivity contribution in [3.8, 4) is 11.8 Å². The van der Waals surface area contributed by atoms with Gasteiger partial charge in [0.25, 0.3) is 0 Å². The SMILES string of the molecule is CC#CCCC(=O)C(C)CNC. The first-order valence-electron chi connectivity index (χ1n) is 4.29. The molecule has 0 aromatic carbocycles. The van der Waals surface area contributed by atoms with E-state index in [0.29, 0.717) is 18.6 Å². The number of hydrogen-bond donors (Lipinski definition) is 1. The maximum atomic E-state index is 11.3. The molecule has 0 heterocycles. The lowest BCUT2D eigenvalue weighted by molar-refractivity contribution is -0.122. The van der Waals surface area contributed by atoms with E-state index >= 15 is 0 Å². The molecule has 0 aliphatic rings. The van der Waals surface area contributed by atoms with E-state index in [4.69, 9.17) is 0 Å². The summed E-state index contributed by atoms with van der Waals surface area (Å²) in [7, 11) is 1.86. The molecule has 1 unspecified atom stereocenters. The Labute approximate surface area is 74.7 Å². The zero-order valence-corrected chi connectivity index (χ0v) is 8.11. The van der Waals surface area contributed by atoms with Crippen LogP contribution in [0.5, 0.6) is 0 Å². The molecule has 68 valence electrons.